The normalized spacial score (nSPS) is 16.0. The standard InChI is InChI=1S/C19H34N6.HI/c1-5-20-19(21-12-11-16-9-7-6-8-10-16)22-14-18(24(2)3)17-13-23-25(4)15-17;/h9,13,15,18H,5-8,10-12,14H2,1-4H3,(H2,20,21,22);1H. The Bertz CT molecular complexity index is 578. The van der Waals surface area contributed by atoms with Crippen molar-refractivity contribution in [3.8, 4) is 0 Å². The van der Waals surface area contributed by atoms with E-state index in [0.717, 1.165) is 25.5 Å². The van der Waals surface area contributed by atoms with Gasteiger partial charge in [-0.1, -0.05) is 11.6 Å². The Hall–Kier alpha value is -1.09. The molecule has 7 heteroatoms. The van der Waals surface area contributed by atoms with Gasteiger partial charge in [0.2, 0.25) is 0 Å². The Morgan fingerprint density at radius 3 is 2.73 bits per heavy atom. The highest BCUT2D eigenvalue weighted by molar-refractivity contribution is 14.0. The number of hydrogen-bond donors (Lipinski definition) is 2. The average Bonchev–Trinajstić information content (AvgIpc) is 3.02. The fourth-order valence-electron chi connectivity index (χ4n) is 3.17. The lowest BCUT2D eigenvalue weighted by atomic mass is 9.97. The molecule has 0 aliphatic heterocycles. The Balaban J connectivity index is 0.00000338. The van der Waals surface area contributed by atoms with E-state index in [2.05, 4.69) is 53.9 Å². The van der Waals surface area contributed by atoms with Crippen LogP contribution >= 0.6 is 24.0 Å². The molecule has 0 saturated carbocycles. The molecule has 0 saturated heterocycles. The van der Waals surface area contributed by atoms with Gasteiger partial charge in [0.15, 0.2) is 5.96 Å². The summed E-state index contributed by atoms with van der Waals surface area (Å²) in [4.78, 5) is 6.99. The molecule has 2 N–H and O–H groups in total. The van der Waals surface area contributed by atoms with E-state index in [1.807, 2.05) is 17.9 Å². The molecule has 0 spiro atoms. The molecule has 1 aromatic rings. The molecule has 2 rings (SSSR count). The van der Waals surface area contributed by atoms with Crippen LogP contribution < -0.4 is 10.6 Å². The number of aliphatic imine (C=N–C) groups is 1. The van der Waals surface area contributed by atoms with Crippen LogP contribution in [0.25, 0.3) is 0 Å². The molecule has 0 radical (unpaired) electrons. The summed E-state index contributed by atoms with van der Waals surface area (Å²) in [5.41, 5.74) is 2.79. The number of rotatable bonds is 8. The number of likely N-dealkylation sites (N-methyl/N-ethyl adjacent to an activating group) is 1. The van der Waals surface area contributed by atoms with Crippen LogP contribution in [0, 0.1) is 0 Å². The number of guanidine groups is 1. The van der Waals surface area contributed by atoms with Gasteiger partial charge in [-0.25, -0.2) is 0 Å². The lowest BCUT2D eigenvalue weighted by molar-refractivity contribution is 0.306. The van der Waals surface area contributed by atoms with Crippen molar-refractivity contribution in [2.24, 2.45) is 12.0 Å². The minimum atomic E-state index is 0. The van der Waals surface area contributed by atoms with Gasteiger partial charge in [-0.05, 0) is 53.1 Å². The van der Waals surface area contributed by atoms with Crippen LogP contribution in [0.1, 0.15) is 50.6 Å². The summed E-state index contributed by atoms with van der Waals surface area (Å²) in [6.45, 7) is 4.62. The Labute approximate surface area is 175 Å². The molecule has 0 bridgehead atoms. The molecule has 1 aromatic heterocycles. The molecular weight excluding hydrogens is 439 g/mol. The number of aromatic nitrogens is 2. The first-order valence-electron chi connectivity index (χ1n) is 9.45. The van der Waals surface area contributed by atoms with Gasteiger partial charge in [-0.3, -0.25) is 9.67 Å². The van der Waals surface area contributed by atoms with Gasteiger partial charge in [0, 0.05) is 31.9 Å². The highest BCUT2D eigenvalue weighted by atomic mass is 127. The number of halogens is 1. The van der Waals surface area contributed by atoms with Crippen molar-refractivity contribution in [3.63, 3.8) is 0 Å². The number of hydrogen-bond acceptors (Lipinski definition) is 3. The van der Waals surface area contributed by atoms with E-state index in [1.165, 1.54) is 31.2 Å². The average molecular weight is 474 g/mol. The minimum Gasteiger partial charge on any atom is -0.357 e. The van der Waals surface area contributed by atoms with Crippen LogP contribution in [0.3, 0.4) is 0 Å². The molecule has 1 atom stereocenters. The van der Waals surface area contributed by atoms with E-state index in [1.54, 1.807) is 5.57 Å². The van der Waals surface area contributed by atoms with Gasteiger partial charge in [-0.15, -0.1) is 24.0 Å². The van der Waals surface area contributed by atoms with Crippen LogP contribution in [0.5, 0.6) is 0 Å². The summed E-state index contributed by atoms with van der Waals surface area (Å²) < 4.78 is 1.84. The van der Waals surface area contributed by atoms with E-state index in [-0.39, 0.29) is 30.0 Å². The summed E-state index contributed by atoms with van der Waals surface area (Å²) in [7, 11) is 6.12. The van der Waals surface area contributed by atoms with Crippen LogP contribution in [0.4, 0.5) is 0 Å². The molecule has 0 aromatic carbocycles. The van der Waals surface area contributed by atoms with Crippen molar-refractivity contribution < 1.29 is 0 Å². The molecule has 1 unspecified atom stereocenters. The number of allylic oxidation sites excluding steroid dienone is 1. The van der Waals surface area contributed by atoms with Crippen LogP contribution in [-0.4, -0.2) is 54.4 Å². The Kier molecular flexibility index (Phi) is 10.9. The summed E-state index contributed by atoms with van der Waals surface area (Å²) in [5.74, 6) is 0.898. The van der Waals surface area contributed by atoms with E-state index in [4.69, 9.17) is 4.99 Å². The molecule has 1 heterocycles. The molecule has 6 nitrogen and oxygen atoms in total. The Morgan fingerprint density at radius 1 is 1.35 bits per heavy atom. The molecule has 0 amide bonds. The smallest absolute Gasteiger partial charge is 0.191 e. The lowest BCUT2D eigenvalue weighted by Crippen LogP contribution is -2.38. The maximum atomic E-state index is 4.80. The number of nitrogens with zero attached hydrogens (tertiary/aromatic N) is 4. The van der Waals surface area contributed by atoms with Crippen LogP contribution in [-0.2, 0) is 7.05 Å². The maximum absolute atomic E-state index is 4.80. The second kappa shape index (κ2) is 12.3. The zero-order chi connectivity index (χ0) is 18.1. The highest BCUT2D eigenvalue weighted by Crippen LogP contribution is 2.19. The van der Waals surface area contributed by atoms with Gasteiger partial charge in [-0.2, -0.15) is 5.10 Å². The summed E-state index contributed by atoms with van der Waals surface area (Å²) >= 11 is 0. The largest absolute Gasteiger partial charge is 0.357 e. The molecule has 0 fully saturated rings. The second-order valence-corrected chi connectivity index (χ2v) is 6.93. The van der Waals surface area contributed by atoms with Crippen molar-refractivity contribution in [2.45, 2.75) is 45.1 Å². The SMILES string of the molecule is CCNC(=NCC(c1cnn(C)c1)N(C)C)NCCC1=CCCCC1.I. The van der Waals surface area contributed by atoms with E-state index >= 15 is 0 Å². The van der Waals surface area contributed by atoms with E-state index in [0.29, 0.717) is 6.54 Å². The zero-order valence-electron chi connectivity index (χ0n) is 16.7. The van der Waals surface area contributed by atoms with E-state index in [9.17, 15) is 0 Å². The van der Waals surface area contributed by atoms with Crippen LogP contribution in [0.2, 0.25) is 0 Å². The van der Waals surface area contributed by atoms with Crippen molar-refractivity contribution in [2.75, 3.05) is 33.7 Å². The summed E-state index contributed by atoms with van der Waals surface area (Å²) in [6, 6.07) is 0.227. The first-order valence-corrected chi connectivity index (χ1v) is 9.45. The van der Waals surface area contributed by atoms with E-state index < -0.39 is 0 Å². The quantitative estimate of drug-likeness (QED) is 0.263. The fourth-order valence-corrected chi connectivity index (χ4v) is 3.17. The maximum Gasteiger partial charge on any atom is 0.191 e. The molecule has 26 heavy (non-hydrogen) atoms. The molecule has 1 aliphatic carbocycles. The predicted molar refractivity (Wildman–Crippen MR) is 120 cm³/mol. The van der Waals surface area contributed by atoms with Crippen LogP contribution in [0.15, 0.2) is 29.0 Å². The van der Waals surface area contributed by atoms with Crippen molar-refractivity contribution in [1.29, 1.82) is 0 Å². The fraction of sp³-hybridized carbons (Fsp3) is 0.684. The van der Waals surface area contributed by atoms with Gasteiger partial charge in [0.05, 0.1) is 18.8 Å². The third-order valence-corrected chi connectivity index (χ3v) is 4.62. The third-order valence-electron chi connectivity index (χ3n) is 4.62. The lowest BCUT2D eigenvalue weighted by Gasteiger charge is -2.22. The van der Waals surface area contributed by atoms with Gasteiger partial charge < -0.3 is 15.5 Å². The molecule has 1 aliphatic rings. The zero-order valence-corrected chi connectivity index (χ0v) is 19.0. The topological polar surface area (TPSA) is 57.5 Å². The molecule has 148 valence electrons. The minimum absolute atomic E-state index is 0. The summed E-state index contributed by atoms with van der Waals surface area (Å²) in [6.07, 6.45) is 12.7. The van der Waals surface area contributed by atoms with Crippen molar-refractivity contribution in [1.82, 2.24) is 25.3 Å². The van der Waals surface area contributed by atoms with Gasteiger partial charge in [0.1, 0.15) is 0 Å². The predicted octanol–water partition coefficient (Wildman–Crippen LogP) is 3.09. The van der Waals surface area contributed by atoms with Crippen molar-refractivity contribution >= 4 is 29.9 Å². The first kappa shape index (κ1) is 23.0. The highest BCUT2D eigenvalue weighted by Gasteiger charge is 2.15. The van der Waals surface area contributed by atoms with Gasteiger partial charge >= 0.3 is 0 Å². The Morgan fingerprint density at radius 2 is 2.15 bits per heavy atom. The second-order valence-electron chi connectivity index (χ2n) is 6.93. The molecular formula is C19H35IN6. The third kappa shape index (κ3) is 7.65. The first-order chi connectivity index (χ1) is 12.1. The van der Waals surface area contributed by atoms with Crippen molar-refractivity contribution in [3.05, 3.63) is 29.6 Å². The monoisotopic (exact) mass is 474 g/mol. The number of aryl methyl sites for hydroxylation is 1. The number of nitrogens with one attached hydrogen (secondary N) is 2. The summed E-state index contributed by atoms with van der Waals surface area (Å²) in [5, 5.41) is 11.1. The van der Waals surface area contributed by atoms with Gasteiger partial charge in [0.25, 0.3) is 0 Å².